The van der Waals surface area contributed by atoms with Crippen molar-refractivity contribution in [2.24, 2.45) is 0 Å². The van der Waals surface area contributed by atoms with Crippen molar-refractivity contribution in [1.29, 1.82) is 0 Å². The summed E-state index contributed by atoms with van der Waals surface area (Å²) in [4.78, 5) is 10.6. The first kappa shape index (κ1) is 15.5. The summed E-state index contributed by atoms with van der Waals surface area (Å²) in [5, 5.41) is 17.3. The van der Waals surface area contributed by atoms with E-state index in [0.717, 1.165) is 28.7 Å². The number of benzene rings is 1. The van der Waals surface area contributed by atoms with Gasteiger partial charge in [0.25, 0.3) is 0 Å². The van der Waals surface area contributed by atoms with Crippen LogP contribution in [0.25, 0.3) is 0 Å². The molecule has 5 nitrogen and oxygen atoms in total. The van der Waals surface area contributed by atoms with Crippen molar-refractivity contribution in [3.8, 4) is 0 Å². The Morgan fingerprint density at radius 1 is 1.38 bits per heavy atom. The molecule has 0 unspecified atom stereocenters. The number of rotatable bonds is 6. The smallest absolute Gasteiger partial charge is 0.313 e. The van der Waals surface area contributed by atoms with Gasteiger partial charge in [-0.05, 0) is 43.5 Å². The van der Waals surface area contributed by atoms with E-state index in [4.69, 9.17) is 5.11 Å². The highest BCUT2D eigenvalue weighted by Gasteiger charge is 2.11. The molecule has 2 rings (SSSR count). The number of carboxylic acids is 1. The number of hydrogen-bond donors (Lipinski definition) is 1. The maximum atomic E-state index is 13.1. The van der Waals surface area contributed by atoms with Crippen molar-refractivity contribution >= 4 is 17.7 Å². The van der Waals surface area contributed by atoms with Gasteiger partial charge in [-0.25, -0.2) is 4.39 Å². The fraction of sp³-hybridized carbons (Fsp3) is 0.357. The first-order valence-corrected chi connectivity index (χ1v) is 7.45. The number of halogens is 1. The molecule has 0 atom stereocenters. The normalized spacial score (nSPS) is 10.8. The van der Waals surface area contributed by atoms with Crippen molar-refractivity contribution in [2.45, 2.75) is 32.0 Å². The van der Waals surface area contributed by atoms with Crippen molar-refractivity contribution in [3.63, 3.8) is 0 Å². The van der Waals surface area contributed by atoms with Crippen LogP contribution in [-0.4, -0.2) is 31.6 Å². The second-order valence-electron chi connectivity index (χ2n) is 4.68. The number of carbonyl (C=O) groups is 1. The average molecular weight is 309 g/mol. The monoisotopic (exact) mass is 309 g/mol. The summed E-state index contributed by atoms with van der Waals surface area (Å²) in [6.07, 6.45) is 0.714. The number of aliphatic carboxylic acids is 1. The van der Waals surface area contributed by atoms with Crippen LogP contribution in [0.1, 0.15) is 17.0 Å². The highest BCUT2D eigenvalue weighted by atomic mass is 32.2. The van der Waals surface area contributed by atoms with Gasteiger partial charge in [0.15, 0.2) is 5.16 Å². The van der Waals surface area contributed by atoms with Crippen molar-refractivity contribution in [3.05, 3.63) is 41.0 Å². The van der Waals surface area contributed by atoms with Crippen molar-refractivity contribution in [1.82, 2.24) is 14.8 Å². The van der Waals surface area contributed by atoms with Gasteiger partial charge in [0.05, 0.1) is 5.75 Å². The zero-order chi connectivity index (χ0) is 15.4. The van der Waals surface area contributed by atoms with E-state index in [2.05, 4.69) is 10.2 Å². The molecule has 0 amide bonds. The zero-order valence-corrected chi connectivity index (χ0v) is 12.7. The van der Waals surface area contributed by atoms with E-state index in [9.17, 15) is 9.18 Å². The minimum absolute atomic E-state index is 0.0479. The Hall–Kier alpha value is -1.89. The van der Waals surface area contributed by atoms with E-state index in [0.29, 0.717) is 18.1 Å². The third kappa shape index (κ3) is 4.04. The van der Waals surface area contributed by atoms with Crippen LogP contribution in [0.5, 0.6) is 0 Å². The standard InChI is InChI=1S/C14H16FN3O2S/c1-9-7-12(15)4-3-11(9)5-6-18-10(2)16-17-14(18)21-8-13(19)20/h3-4,7H,5-6,8H2,1-2H3,(H,19,20). The fourth-order valence-corrected chi connectivity index (χ4v) is 2.75. The Bertz CT molecular complexity index is 658. The fourth-order valence-electron chi connectivity index (χ4n) is 2.02. The number of aromatic nitrogens is 3. The van der Waals surface area contributed by atoms with Crippen LogP contribution < -0.4 is 0 Å². The lowest BCUT2D eigenvalue weighted by atomic mass is 10.1. The quantitative estimate of drug-likeness (QED) is 0.830. The van der Waals surface area contributed by atoms with Crippen molar-refractivity contribution < 1.29 is 14.3 Å². The number of thioether (sulfide) groups is 1. The van der Waals surface area contributed by atoms with Gasteiger partial charge in [0.1, 0.15) is 11.6 Å². The summed E-state index contributed by atoms with van der Waals surface area (Å²) in [6.45, 7) is 4.33. The summed E-state index contributed by atoms with van der Waals surface area (Å²) in [7, 11) is 0. The van der Waals surface area contributed by atoms with Crippen LogP contribution in [0.15, 0.2) is 23.4 Å². The molecule has 1 N–H and O–H groups in total. The Morgan fingerprint density at radius 2 is 2.14 bits per heavy atom. The number of carboxylic acid groups (broad SMARTS) is 1. The molecule has 1 aromatic heterocycles. The van der Waals surface area contributed by atoms with E-state index in [1.165, 1.54) is 12.1 Å². The van der Waals surface area contributed by atoms with E-state index < -0.39 is 5.97 Å². The maximum absolute atomic E-state index is 13.1. The van der Waals surface area contributed by atoms with Gasteiger partial charge in [-0.2, -0.15) is 0 Å². The Kier molecular flexibility index (Phi) is 4.95. The summed E-state index contributed by atoms with van der Waals surface area (Å²) in [5.41, 5.74) is 1.96. The second-order valence-corrected chi connectivity index (χ2v) is 5.63. The van der Waals surface area contributed by atoms with Crippen molar-refractivity contribution in [2.75, 3.05) is 5.75 Å². The number of nitrogens with zero attached hydrogens (tertiary/aromatic N) is 3. The minimum atomic E-state index is -0.887. The lowest BCUT2D eigenvalue weighted by Crippen LogP contribution is -2.07. The molecule has 0 aliphatic heterocycles. The molecule has 0 bridgehead atoms. The molecule has 0 aliphatic carbocycles. The zero-order valence-electron chi connectivity index (χ0n) is 11.8. The summed E-state index contributed by atoms with van der Waals surface area (Å²) in [5.74, 6) is -0.438. The molecule has 21 heavy (non-hydrogen) atoms. The molecule has 0 aliphatic rings. The molecule has 0 saturated carbocycles. The van der Waals surface area contributed by atoms with Crippen LogP contribution in [0.3, 0.4) is 0 Å². The van der Waals surface area contributed by atoms with Crippen LogP contribution in [0.4, 0.5) is 4.39 Å². The van der Waals surface area contributed by atoms with Crippen LogP contribution in [0.2, 0.25) is 0 Å². The predicted octanol–water partition coefficient (Wildman–Crippen LogP) is 2.45. The highest BCUT2D eigenvalue weighted by molar-refractivity contribution is 7.99. The summed E-state index contributed by atoms with van der Waals surface area (Å²) < 4.78 is 15.0. The van der Waals surface area contributed by atoms with E-state index in [1.54, 1.807) is 6.07 Å². The molecule has 1 aromatic carbocycles. The van der Waals surface area contributed by atoms with Gasteiger partial charge < -0.3 is 9.67 Å². The van der Waals surface area contributed by atoms with Crippen LogP contribution in [0, 0.1) is 19.7 Å². The predicted molar refractivity (Wildman–Crippen MR) is 78.0 cm³/mol. The lowest BCUT2D eigenvalue weighted by molar-refractivity contribution is -0.133. The minimum Gasteiger partial charge on any atom is -0.481 e. The van der Waals surface area contributed by atoms with Crippen LogP contribution >= 0.6 is 11.8 Å². The molecule has 2 aromatic rings. The highest BCUT2D eigenvalue weighted by Crippen LogP contribution is 2.18. The first-order chi connectivity index (χ1) is 9.97. The van der Waals surface area contributed by atoms with Gasteiger partial charge in [-0.15, -0.1) is 10.2 Å². The van der Waals surface area contributed by atoms with Gasteiger partial charge in [0, 0.05) is 6.54 Å². The molecule has 0 saturated heterocycles. The SMILES string of the molecule is Cc1cc(F)ccc1CCn1c(C)nnc1SCC(=O)O. The lowest BCUT2D eigenvalue weighted by Gasteiger charge is -2.09. The average Bonchev–Trinajstić information content (AvgIpc) is 2.76. The van der Waals surface area contributed by atoms with Gasteiger partial charge in [-0.3, -0.25) is 4.79 Å². The van der Waals surface area contributed by atoms with Gasteiger partial charge in [0.2, 0.25) is 0 Å². The topological polar surface area (TPSA) is 68.0 Å². The second kappa shape index (κ2) is 6.71. The molecule has 0 spiro atoms. The molecule has 0 fully saturated rings. The number of hydrogen-bond acceptors (Lipinski definition) is 4. The van der Waals surface area contributed by atoms with Gasteiger partial charge >= 0.3 is 5.97 Å². The van der Waals surface area contributed by atoms with Gasteiger partial charge in [-0.1, -0.05) is 17.8 Å². The largest absolute Gasteiger partial charge is 0.481 e. The van der Waals surface area contributed by atoms with E-state index >= 15 is 0 Å². The summed E-state index contributed by atoms with van der Waals surface area (Å²) >= 11 is 1.15. The molecule has 0 radical (unpaired) electrons. The molecular weight excluding hydrogens is 293 g/mol. The van der Waals surface area contributed by atoms with E-state index in [-0.39, 0.29) is 11.6 Å². The van der Waals surface area contributed by atoms with E-state index in [1.807, 2.05) is 18.4 Å². The molecule has 1 heterocycles. The Labute approximate surface area is 126 Å². The summed E-state index contributed by atoms with van der Waals surface area (Å²) in [6, 6.07) is 4.73. The first-order valence-electron chi connectivity index (χ1n) is 6.47. The Balaban J connectivity index is 2.08. The van der Waals surface area contributed by atoms with Crippen LogP contribution in [-0.2, 0) is 17.8 Å². The Morgan fingerprint density at radius 3 is 2.81 bits per heavy atom. The molecule has 112 valence electrons. The third-order valence-corrected chi connectivity index (χ3v) is 4.09. The molecular formula is C14H16FN3O2S. The third-order valence-electron chi connectivity index (χ3n) is 3.14. The molecule has 7 heteroatoms. The number of aryl methyl sites for hydroxylation is 3. The maximum Gasteiger partial charge on any atom is 0.313 e.